The van der Waals surface area contributed by atoms with Crippen molar-refractivity contribution in [1.82, 2.24) is 5.01 Å². The van der Waals surface area contributed by atoms with E-state index in [1.807, 2.05) is 13.8 Å². The Morgan fingerprint density at radius 1 is 1.24 bits per heavy atom. The van der Waals surface area contributed by atoms with Gasteiger partial charge in [-0.2, -0.15) is 5.10 Å². The number of Topliss-reactive ketones (excluding diaryl/α,β-unsaturated/α-hetero) is 1. The minimum Gasteiger partial charge on any atom is -0.493 e. The molecular weight excluding hydrogens is 344 g/mol. The molecule has 0 unspecified atom stereocenters. The van der Waals surface area contributed by atoms with Gasteiger partial charge >= 0.3 is 0 Å². The first-order valence-corrected chi connectivity index (χ1v) is 9.82. The molecule has 0 amide bonds. The first-order valence-electron chi connectivity index (χ1n) is 8.00. The summed E-state index contributed by atoms with van der Waals surface area (Å²) in [6.07, 6.45) is 0.484. The number of ketones is 1. The summed E-state index contributed by atoms with van der Waals surface area (Å²) in [5, 5.41) is 5.97. The normalized spacial score (nSPS) is 18.5. The van der Waals surface area contributed by atoms with E-state index in [4.69, 9.17) is 9.47 Å². The highest BCUT2D eigenvalue weighted by Gasteiger charge is 2.33. The first kappa shape index (κ1) is 19.2. The number of hydrogen-bond acceptors (Lipinski definition) is 7. The van der Waals surface area contributed by atoms with Gasteiger partial charge in [-0.05, 0) is 38.5 Å². The average Bonchev–Trinajstić information content (AvgIpc) is 2.93. The molecule has 1 aromatic carbocycles. The Morgan fingerprint density at radius 2 is 1.92 bits per heavy atom. The summed E-state index contributed by atoms with van der Waals surface area (Å²) in [6, 6.07) is 4.68. The van der Waals surface area contributed by atoms with Crippen LogP contribution in [0.2, 0.25) is 0 Å². The van der Waals surface area contributed by atoms with E-state index in [0.717, 1.165) is 5.71 Å². The number of carbonyl (C=O) groups is 1. The maximum absolute atomic E-state index is 12.7. The highest BCUT2D eigenvalue weighted by atomic mass is 32.2. The number of carbonyl (C=O) groups excluding carboxylic acids is 1. The minimum absolute atomic E-state index is 0.0147. The molecule has 138 valence electrons. The van der Waals surface area contributed by atoms with Gasteiger partial charge in [0.25, 0.3) is 0 Å². The van der Waals surface area contributed by atoms with Crippen molar-refractivity contribution in [1.29, 1.82) is 0 Å². The molecule has 0 aliphatic carbocycles. The molecule has 0 saturated carbocycles. The fourth-order valence-corrected chi connectivity index (χ4v) is 4.48. The lowest BCUT2D eigenvalue weighted by atomic mass is 10.1. The van der Waals surface area contributed by atoms with Crippen molar-refractivity contribution in [3.63, 3.8) is 0 Å². The summed E-state index contributed by atoms with van der Waals surface area (Å²) < 4.78 is 33.9. The Morgan fingerprint density at radius 3 is 2.44 bits per heavy atom. The van der Waals surface area contributed by atoms with E-state index in [2.05, 4.69) is 5.10 Å². The molecule has 1 atom stereocenters. The Kier molecular flexibility index (Phi) is 6.05. The lowest BCUT2D eigenvalue weighted by Gasteiger charge is -2.25. The second-order valence-corrected chi connectivity index (χ2v) is 8.42. The predicted octanol–water partition coefficient (Wildman–Crippen LogP) is 1.77. The first-order chi connectivity index (χ1) is 11.8. The molecule has 0 bridgehead atoms. The number of hydrazone groups is 1. The standard InChI is InChI=1S/C17H24N2O5S/c1-12(2)18-19(14-7-8-25(21,22)11-14)10-15(20)13-5-6-16(23-3)17(9-13)24-4/h5-6,9,14H,7-8,10-11H2,1-4H3/t14-/m0/s1. The topological polar surface area (TPSA) is 85.3 Å². The van der Waals surface area contributed by atoms with Crippen LogP contribution in [-0.2, 0) is 9.84 Å². The van der Waals surface area contributed by atoms with Crippen molar-refractivity contribution in [2.75, 3.05) is 32.3 Å². The summed E-state index contributed by atoms with van der Waals surface area (Å²) in [4.78, 5) is 12.7. The highest BCUT2D eigenvalue weighted by molar-refractivity contribution is 7.91. The zero-order valence-corrected chi connectivity index (χ0v) is 15.8. The molecule has 0 N–H and O–H groups in total. The third-order valence-corrected chi connectivity index (χ3v) is 5.72. The summed E-state index contributed by atoms with van der Waals surface area (Å²) in [5.41, 5.74) is 1.23. The van der Waals surface area contributed by atoms with Gasteiger partial charge in [0, 0.05) is 11.3 Å². The van der Waals surface area contributed by atoms with Crippen LogP contribution in [0.3, 0.4) is 0 Å². The van der Waals surface area contributed by atoms with Crippen LogP contribution in [0.25, 0.3) is 0 Å². The van der Waals surface area contributed by atoms with E-state index in [0.29, 0.717) is 23.5 Å². The van der Waals surface area contributed by atoms with Gasteiger partial charge in [-0.1, -0.05) is 0 Å². The van der Waals surface area contributed by atoms with Crippen molar-refractivity contribution in [3.05, 3.63) is 23.8 Å². The lowest BCUT2D eigenvalue weighted by molar-refractivity contribution is 0.0905. The van der Waals surface area contributed by atoms with Crippen molar-refractivity contribution >= 4 is 21.3 Å². The number of hydrogen-bond donors (Lipinski definition) is 0. The third-order valence-electron chi connectivity index (χ3n) is 3.97. The number of ether oxygens (including phenoxy) is 2. The summed E-state index contributed by atoms with van der Waals surface area (Å²) >= 11 is 0. The molecule has 2 rings (SSSR count). The molecule has 0 spiro atoms. The number of sulfone groups is 1. The average molecular weight is 368 g/mol. The fourth-order valence-electron chi connectivity index (χ4n) is 2.76. The Bertz CT molecular complexity index is 769. The number of nitrogens with zero attached hydrogens (tertiary/aromatic N) is 2. The molecule has 1 aromatic rings. The highest BCUT2D eigenvalue weighted by Crippen LogP contribution is 2.28. The molecule has 8 heteroatoms. The van der Waals surface area contributed by atoms with E-state index in [1.165, 1.54) is 14.2 Å². The molecule has 0 radical (unpaired) electrons. The van der Waals surface area contributed by atoms with Crippen molar-refractivity contribution < 1.29 is 22.7 Å². The molecule has 7 nitrogen and oxygen atoms in total. The molecular formula is C17H24N2O5S. The van der Waals surface area contributed by atoms with Crippen LogP contribution in [0, 0.1) is 0 Å². The zero-order valence-electron chi connectivity index (χ0n) is 15.0. The third kappa shape index (κ3) is 4.94. The number of rotatable bonds is 7. The van der Waals surface area contributed by atoms with Crippen LogP contribution >= 0.6 is 0 Å². The number of methoxy groups -OCH3 is 2. The maximum atomic E-state index is 12.7. The van der Waals surface area contributed by atoms with Crippen molar-refractivity contribution in [3.8, 4) is 11.5 Å². The second kappa shape index (κ2) is 7.86. The van der Waals surface area contributed by atoms with Crippen LogP contribution in [0.15, 0.2) is 23.3 Å². The molecule has 1 fully saturated rings. The second-order valence-electron chi connectivity index (χ2n) is 6.19. The monoisotopic (exact) mass is 368 g/mol. The maximum Gasteiger partial charge on any atom is 0.183 e. The van der Waals surface area contributed by atoms with E-state index >= 15 is 0 Å². The van der Waals surface area contributed by atoms with E-state index in [9.17, 15) is 13.2 Å². The molecule has 1 saturated heterocycles. The van der Waals surface area contributed by atoms with Crippen molar-refractivity contribution in [2.24, 2.45) is 5.10 Å². The molecule has 1 aliphatic rings. The summed E-state index contributed by atoms with van der Waals surface area (Å²) in [6.45, 7) is 3.65. The van der Waals surface area contributed by atoms with Gasteiger partial charge in [-0.3, -0.25) is 9.80 Å². The van der Waals surface area contributed by atoms with Gasteiger partial charge in [0.1, 0.15) is 0 Å². The van der Waals surface area contributed by atoms with Crippen LogP contribution in [-0.4, -0.2) is 63.2 Å². The van der Waals surface area contributed by atoms with Gasteiger partial charge in [-0.15, -0.1) is 0 Å². The van der Waals surface area contributed by atoms with Crippen LogP contribution in [0.5, 0.6) is 11.5 Å². The summed E-state index contributed by atoms with van der Waals surface area (Å²) in [5.74, 6) is 1.02. The van der Waals surface area contributed by atoms with Crippen LogP contribution in [0.1, 0.15) is 30.6 Å². The molecule has 0 aromatic heterocycles. The van der Waals surface area contributed by atoms with E-state index in [1.54, 1.807) is 23.2 Å². The predicted molar refractivity (Wildman–Crippen MR) is 96.4 cm³/mol. The molecule has 25 heavy (non-hydrogen) atoms. The zero-order chi connectivity index (χ0) is 18.6. The van der Waals surface area contributed by atoms with E-state index in [-0.39, 0.29) is 29.9 Å². The van der Waals surface area contributed by atoms with Crippen molar-refractivity contribution in [2.45, 2.75) is 26.3 Å². The van der Waals surface area contributed by atoms with Crippen LogP contribution in [0.4, 0.5) is 0 Å². The summed E-state index contributed by atoms with van der Waals surface area (Å²) in [7, 11) is -0.0205. The lowest BCUT2D eigenvalue weighted by Crippen LogP contribution is -2.36. The van der Waals surface area contributed by atoms with Gasteiger partial charge in [0.15, 0.2) is 27.1 Å². The quantitative estimate of drug-likeness (QED) is 0.414. The molecule has 1 aliphatic heterocycles. The Labute approximate surface area is 148 Å². The van der Waals surface area contributed by atoms with Gasteiger partial charge in [-0.25, -0.2) is 8.42 Å². The SMILES string of the molecule is COc1ccc(C(=O)CN(N=C(C)C)[C@H]2CCS(=O)(=O)C2)cc1OC. The minimum atomic E-state index is -3.06. The van der Waals surface area contributed by atoms with Gasteiger partial charge < -0.3 is 9.47 Å². The van der Waals surface area contributed by atoms with Gasteiger partial charge in [0.05, 0.1) is 38.3 Å². The van der Waals surface area contributed by atoms with Gasteiger partial charge in [0.2, 0.25) is 0 Å². The largest absolute Gasteiger partial charge is 0.493 e. The Balaban J connectivity index is 2.21. The fraction of sp³-hybridized carbons (Fsp3) is 0.529. The van der Waals surface area contributed by atoms with E-state index < -0.39 is 9.84 Å². The van der Waals surface area contributed by atoms with Crippen LogP contribution < -0.4 is 9.47 Å². The number of benzene rings is 1. The Hall–Kier alpha value is -2.09. The molecule has 1 heterocycles. The smallest absolute Gasteiger partial charge is 0.183 e.